The molecule has 0 spiro atoms. The molecule has 1 aliphatic heterocycles. The lowest BCUT2D eigenvalue weighted by atomic mass is 9.91. The fourth-order valence-electron chi connectivity index (χ4n) is 4.96. The Bertz CT molecular complexity index is 961. The number of allylic oxidation sites excluding steroid dienone is 2. The average molecular weight is 584 g/mol. The Morgan fingerprint density at radius 1 is 1.15 bits per heavy atom. The van der Waals surface area contributed by atoms with Crippen LogP contribution in [0.25, 0.3) is 0 Å². The van der Waals surface area contributed by atoms with Crippen LogP contribution in [-0.2, 0) is 35.1 Å². The highest BCUT2D eigenvalue weighted by molar-refractivity contribution is 6.30. The fourth-order valence-corrected chi connectivity index (χ4v) is 5.68. The molecule has 0 radical (unpaired) electrons. The molecule has 1 aromatic carbocycles. The Labute approximate surface area is 241 Å². The molecule has 1 heterocycles. The first-order chi connectivity index (χ1) is 18.9. The van der Waals surface area contributed by atoms with E-state index in [-0.39, 0.29) is 54.8 Å². The average Bonchev–Trinajstić information content (AvgIpc) is 3.20. The quantitative estimate of drug-likeness (QED) is 0.0974. The maximum atomic E-state index is 11.6. The predicted molar refractivity (Wildman–Crippen MR) is 151 cm³/mol. The summed E-state index contributed by atoms with van der Waals surface area (Å²) in [6.45, 7) is 6.40. The summed E-state index contributed by atoms with van der Waals surface area (Å²) in [4.78, 5) is 22.9. The third-order valence-corrected chi connectivity index (χ3v) is 7.64. The van der Waals surface area contributed by atoms with Gasteiger partial charge >= 0.3 is 11.9 Å². The Kier molecular flexibility index (Phi) is 13.6. The summed E-state index contributed by atoms with van der Waals surface area (Å²) in [7, 11) is 0. The first kappa shape index (κ1) is 31.5. The first-order valence-corrected chi connectivity index (χ1v) is 14.6. The van der Waals surface area contributed by atoms with Gasteiger partial charge in [0.15, 0.2) is 6.29 Å². The van der Waals surface area contributed by atoms with E-state index in [4.69, 9.17) is 46.9 Å². The second kappa shape index (κ2) is 16.9. The zero-order valence-corrected chi connectivity index (χ0v) is 24.2. The van der Waals surface area contributed by atoms with Crippen molar-refractivity contribution in [1.82, 2.24) is 0 Å². The van der Waals surface area contributed by atoms with Gasteiger partial charge in [-0.25, -0.2) is 0 Å². The van der Waals surface area contributed by atoms with Gasteiger partial charge in [0, 0.05) is 36.3 Å². The number of ether oxygens (including phenoxy) is 5. The van der Waals surface area contributed by atoms with Gasteiger partial charge in [-0.15, -0.1) is 11.6 Å². The van der Waals surface area contributed by atoms with E-state index >= 15 is 0 Å². The molecular weight excluding hydrogens is 543 g/mol. The molecule has 0 bridgehead atoms. The molecule has 0 amide bonds. The maximum Gasteiger partial charge on any atom is 0.306 e. The Balaban J connectivity index is 1.61. The molecule has 39 heavy (non-hydrogen) atoms. The summed E-state index contributed by atoms with van der Waals surface area (Å²) < 4.78 is 28.6. The molecule has 7 nitrogen and oxygen atoms in total. The van der Waals surface area contributed by atoms with Crippen LogP contribution in [0, 0.1) is 11.8 Å². The van der Waals surface area contributed by atoms with Gasteiger partial charge in [0.1, 0.15) is 19.0 Å². The molecule has 3 rings (SSSR count). The van der Waals surface area contributed by atoms with Crippen LogP contribution in [0.4, 0.5) is 0 Å². The molecule has 1 unspecified atom stereocenters. The number of carbonyl (C=O) groups excluding carboxylic acids is 2. The highest BCUT2D eigenvalue weighted by Gasteiger charge is 2.44. The monoisotopic (exact) mass is 582 g/mol. The standard InChI is InChI=1S/C30H40Cl2O7/c1-3-13-35-29(34)11-7-5-4-6-10-25-26(28(18-27(25)32)39-30-12-8-9-14-36-30)20-38-24-16-22(15-23(31)17-24)19-37-21(2)33/h3-4,6,15-17,25-28,30H,1,5,7-14,18-20H2,2H3/b6-4-/t25-,26-,27-,28+,30?/m1/s1. The van der Waals surface area contributed by atoms with Crippen molar-refractivity contribution in [3.05, 3.63) is 53.6 Å². The molecule has 5 atom stereocenters. The largest absolute Gasteiger partial charge is 0.493 e. The minimum absolute atomic E-state index is 0.0486. The van der Waals surface area contributed by atoms with E-state index in [2.05, 4.69) is 18.7 Å². The van der Waals surface area contributed by atoms with Gasteiger partial charge in [0.2, 0.25) is 0 Å². The van der Waals surface area contributed by atoms with Crippen molar-refractivity contribution in [3.63, 3.8) is 0 Å². The lowest BCUT2D eigenvalue weighted by molar-refractivity contribution is -0.197. The van der Waals surface area contributed by atoms with Crippen LogP contribution in [0.3, 0.4) is 0 Å². The summed E-state index contributed by atoms with van der Waals surface area (Å²) >= 11 is 13.2. The summed E-state index contributed by atoms with van der Waals surface area (Å²) in [5, 5.41) is 0.442. The predicted octanol–water partition coefficient (Wildman–Crippen LogP) is 6.78. The van der Waals surface area contributed by atoms with E-state index < -0.39 is 0 Å². The van der Waals surface area contributed by atoms with Crippen molar-refractivity contribution in [2.24, 2.45) is 11.8 Å². The molecule has 1 saturated heterocycles. The van der Waals surface area contributed by atoms with Gasteiger partial charge in [0.05, 0.1) is 12.7 Å². The highest BCUT2D eigenvalue weighted by atomic mass is 35.5. The maximum absolute atomic E-state index is 11.6. The van der Waals surface area contributed by atoms with E-state index in [0.717, 1.165) is 50.5 Å². The number of esters is 2. The molecule has 216 valence electrons. The Morgan fingerprint density at radius 2 is 2.00 bits per heavy atom. The van der Waals surface area contributed by atoms with Crippen molar-refractivity contribution >= 4 is 35.1 Å². The number of halogens is 2. The van der Waals surface area contributed by atoms with Crippen molar-refractivity contribution in [2.75, 3.05) is 19.8 Å². The summed E-state index contributed by atoms with van der Waals surface area (Å²) in [6, 6.07) is 5.33. The summed E-state index contributed by atoms with van der Waals surface area (Å²) in [6.07, 6.45) is 11.9. The third-order valence-electron chi connectivity index (χ3n) is 6.92. The van der Waals surface area contributed by atoms with E-state index in [1.165, 1.54) is 6.92 Å². The highest BCUT2D eigenvalue weighted by Crippen LogP contribution is 2.42. The topological polar surface area (TPSA) is 80.3 Å². The second-order valence-electron chi connectivity index (χ2n) is 10.0. The van der Waals surface area contributed by atoms with Gasteiger partial charge in [-0.2, -0.15) is 0 Å². The zero-order valence-electron chi connectivity index (χ0n) is 22.7. The minimum atomic E-state index is -0.356. The van der Waals surface area contributed by atoms with Crippen molar-refractivity contribution in [1.29, 1.82) is 0 Å². The Morgan fingerprint density at radius 3 is 2.74 bits per heavy atom. The summed E-state index contributed by atoms with van der Waals surface area (Å²) in [5.74, 6) is 0.235. The number of benzene rings is 1. The minimum Gasteiger partial charge on any atom is -0.493 e. The number of carbonyl (C=O) groups is 2. The van der Waals surface area contributed by atoms with E-state index in [1.807, 2.05) is 6.07 Å². The molecule has 2 aliphatic rings. The lowest BCUT2D eigenvalue weighted by Crippen LogP contribution is -2.34. The molecule has 2 fully saturated rings. The molecule has 0 aromatic heterocycles. The van der Waals surface area contributed by atoms with Crippen molar-refractivity contribution < 1.29 is 33.3 Å². The molecule has 0 N–H and O–H groups in total. The molecule has 1 aliphatic carbocycles. The van der Waals surface area contributed by atoms with Crippen LogP contribution in [0.1, 0.15) is 63.9 Å². The molecule has 1 aromatic rings. The van der Waals surface area contributed by atoms with Crippen LogP contribution < -0.4 is 4.74 Å². The lowest BCUT2D eigenvalue weighted by Gasteiger charge is -2.30. The van der Waals surface area contributed by atoms with Crippen LogP contribution in [0.15, 0.2) is 43.0 Å². The molecule has 9 heteroatoms. The van der Waals surface area contributed by atoms with Crippen LogP contribution in [0.2, 0.25) is 5.02 Å². The van der Waals surface area contributed by atoms with Gasteiger partial charge in [-0.1, -0.05) is 36.4 Å². The number of hydrogen-bond donors (Lipinski definition) is 0. The molecular formula is C30H40Cl2O7. The summed E-state index contributed by atoms with van der Waals surface area (Å²) in [5.41, 5.74) is 0.755. The van der Waals surface area contributed by atoms with Crippen molar-refractivity contribution in [2.45, 2.75) is 82.7 Å². The van der Waals surface area contributed by atoms with Crippen LogP contribution >= 0.6 is 23.2 Å². The van der Waals surface area contributed by atoms with Crippen LogP contribution in [-0.4, -0.2) is 49.5 Å². The van der Waals surface area contributed by atoms with E-state index in [0.29, 0.717) is 30.4 Å². The van der Waals surface area contributed by atoms with Gasteiger partial charge in [-0.05, 0) is 74.6 Å². The van der Waals surface area contributed by atoms with Gasteiger partial charge in [-0.3, -0.25) is 9.59 Å². The van der Waals surface area contributed by atoms with Gasteiger partial charge < -0.3 is 23.7 Å². The molecule has 1 saturated carbocycles. The van der Waals surface area contributed by atoms with E-state index in [9.17, 15) is 9.59 Å². The number of rotatable bonds is 15. The fraction of sp³-hybridized carbons (Fsp3) is 0.600. The number of hydrogen-bond acceptors (Lipinski definition) is 7. The smallest absolute Gasteiger partial charge is 0.306 e. The van der Waals surface area contributed by atoms with Crippen LogP contribution in [0.5, 0.6) is 5.75 Å². The third kappa shape index (κ3) is 11.1. The number of alkyl halides is 1. The second-order valence-corrected chi connectivity index (χ2v) is 11.0. The SMILES string of the molecule is C=CCOC(=O)CCC/C=C\C[C@@H]1[C@@H](COc2cc(Cl)cc(COC(C)=O)c2)[C@@H](OC2CCCCO2)C[C@H]1Cl. The number of unbranched alkanes of at least 4 members (excludes halogenated alkanes) is 1. The zero-order chi connectivity index (χ0) is 28.0. The van der Waals surface area contributed by atoms with Crippen molar-refractivity contribution in [3.8, 4) is 5.75 Å². The first-order valence-electron chi connectivity index (χ1n) is 13.7. The van der Waals surface area contributed by atoms with E-state index in [1.54, 1.807) is 18.2 Å². The van der Waals surface area contributed by atoms with Gasteiger partial charge in [0.25, 0.3) is 0 Å². The normalized spacial score (nSPS) is 24.9. The Hall–Kier alpha value is -2.06.